The highest BCUT2D eigenvalue weighted by atomic mass is 35.5. The molecule has 160 valence electrons. The minimum atomic E-state index is -3.49. The molecule has 2 aromatic carbocycles. The molecular weight excluding hydrogens is 422 g/mol. The Bertz CT molecular complexity index is 1140. The van der Waals surface area contributed by atoms with Crippen molar-refractivity contribution in [3.05, 3.63) is 65.3 Å². The van der Waals surface area contributed by atoms with Gasteiger partial charge in [0.25, 0.3) is 0 Å². The number of nitrogens with zero attached hydrogens (tertiary/aromatic N) is 2. The normalized spacial score (nSPS) is 13.0. The first-order valence-electron chi connectivity index (χ1n) is 9.90. The number of fused-ring (bicyclic) bond motifs is 1. The molecule has 0 fully saturated rings. The fourth-order valence-electron chi connectivity index (χ4n) is 3.46. The average molecular weight is 448 g/mol. The van der Waals surface area contributed by atoms with E-state index in [1.54, 1.807) is 24.3 Å². The van der Waals surface area contributed by atoms with Crippen molar-refractivity contribution >= 4 is 38.4 Å². The maximum absolute atomic E-state index is 12.6. The lowest BCUT2D eigenvalue weighted by Gasteiger charge is -2.19. The highest BCUT2D eigenvalue weighted by molar-refractivity contribution is 7.89. The van der Waals surface area contributed by atoms with Crippen molar-refractivity contribution in [1.29, 1.82) is 0 Å². The summed E-state index contributed by atoms with van der Waals surface area (Å²) < 4.78 is 28.5. The van der Waals surface area contributed by atoms with Crippen molar-refractivity contribution in [2.75, 3.05) is 13.1 Å². The molecule has 1 atom stereocenters. The minimum absolute atomic E-state index is 0.139. The summed E-state index contributed by atoms with van der Waals surface area (Å²) in [7, 11) is -3.49. The number of sulfonamides is 1. The Morgan fingerprint density at radius 1 is 1.10 bits per heavy atom. The van der Waals surface area contributed by atoms with Crippen LogP contribution in [0.2, 0.25) is 5.02 Å². The van der Waals surface area contributed by atoms with Gasteiger partial charge in [0.1, 0.15) is 6.54 Å². The number of rotatable bonds is 8. The van der Waals surface area contributed by atoms with Crippen LogP contribution in [0.3, 0.4) is 0 Å². The molecule has 1 unspecified atom stereocenters. The first-order chi connectivity index (χ1) is 14.3. The Kier molecular flexibility index (Phi) is 6.85. The summed E-state index contributed by atoms with van der Waals surface area (Å²) in [4.78, 5) is 12.8. The van der Waals surface area contributed by atoms with E-state index in [0.717, 1.165) is 16.5 Å². The number of carbonyl (C=O) groups excluding carboxylic acids is 1. The monoisotopic (exact) mass is 447 g/mol. The van der Waals surface area contributed by atoms with Crippen LogP contribution in [-0.4, -0.2) is 36.3 Å². The highest BCUT2D eigenvalue weighted by Crippen LogP contribution is 2.21. The Balaban J connectivity index is 1.69. The van der Waals surface area contributed by atoms with Gasteiger partial charge in [-0.2, -0.15) is 4.31 Å². The van der Waals surface area contributed by atoms with Crippen molar-refractivity contribution in [3.63, 3.8) is 0 Å². The smallest absolute Gasteiger partial charge is 0.243 e. The summed E-state index contributed by atoms with van der Waals surface area (Å²) in [6, 6.07) is 13.9. The van der Waals surface area contributed by atoms with E-state index in [1.807, 2.05) is 55.8 Å². The van der Waals surface area contributed by atoms with Gasteiger partial charge in [-0.25, -0.2) is 8.42 Å². The molecule has 0 aliphatic heterocycles. The molecule has 0 aliphatic carbocycles. The molecule has 0 radical (unpaired) electrons. The Morgan fingerprint density at radius 3 is 2.40 bits per heavy atom. The second kappa shape index (κ2) is 9.20. The Labute approximate surface area is 182 Å². The predicted octanol–water partition coefficient (Wildman–Crippen LogP) is 4.20. The second-order valence-electron chi connectivity index (χ2n) is 7.09. The van der Waals surface area contributed by atoms with Crippen molar-refractivity contribution < 1.29 is 13.2 Å². The molecule has 0 saturated carbocycles. The second-order valence-corrected chi connectivity index (χ2v) is 9.47. The highest BCUT2D eigenvalue weighted by Gasteiger charge is 2.21. The molecule has 1 heterocycles. The largest absolute Gasteiger partial charge is 0.348 e. The van der Waals surface area contributed by atoms with Gasteiger partial charge in [0, 0.05) is 29.8 Å². The van der Waals surface area contributed by atoms with E-state index in [0.29, 0.717) is 18.1 Å². The van der Waals surface area contributed by atoms with Crippen molar-refractivity contribution in [2.45, 2.75) is 38.3 Å². The maximum atomic E-state index is 12.6. The van der Waals surface area contributed by atoms with Gasteiger partial charge in [0.15, 0.2) is 0 Å². The summed E-state index contributed by atoms with van der Waals surface area (Å²) in [5.74, 6) is -0.139. The lowest BCUT2D eigenvalue weighted by Crippen LogP contribution is -2.31. The third-order valence-electron chi connectivity index (χ3n) is 5.15. The number of amides is 1. The molecular formula is C22H26ClN3O3S. The van der Waals surface area contributed by atoms with Crippen LogP contribution >= 0.6 is 11.6 Å². The molecule has 0 spiro atoms. The minimum Gasteiger partial charge on any atom is -0.348 e. The quantitative estimate of drug-likeness (QED) is 0.562. The van der Waals surface area contributed by atoms with E-state index >= 15 is 0 Å². The lowest BCUT2D eigenvalue weighted by molar-refractivity contribution is -0.122. The van der Waals surface area contributed by atoms with E-state index in [-0.39, 0.29) is 23.4 Å². The van der Waals surface area contributed by atoms with E-state index in [9.17, 15) is 13.2 Å². The summed E-state index contributed by atoms with van der Waals surface area (Å²) in [5, 5.41) is 4.60. The maximum Gasteiger partial charge on any atom is 0.243 e. The zero-order chi connectivity index (χ0) is 21.9. The molecule has 1 amide bonds. The zero-order valence-corrected chi connectivity index (χ0v) is 18.9. The van der Waals surface area contributed by atoms with Gasteiger partial charge in [-0.1, -0.05) is 43.6 Å². The predicted molar refractivity (Wildman–Crippen MR) is 120 cm³/mol. The van der Waals surface area contributed by atoms with Crippen LogP contribution < -0.4 is 5.32 Å². The number of hydrogen-bond acceptors (Lipinski definition) is 3. The van der Waals surface area contributed by atoms with Gasteiger partial charge in [-0.3, -0.25) is 4.79 Å². The Morgan fingerprint density at radius 2 is 1.77 bits per heavy atom. The molecule has 6 nitrogen and oxygen atoms in total. The van der Waals surface area contributed by atoms with Gasteiger partial charge in [-0.05, 0) is 48.2 Å². The van der Waals surface area contributed by atoms with E-state index < -0.39 is 10.0 Å². The third-order valence-corrected chi connectivity index (χ3v) is 7.45. The van der Waals surface area contributed by atoms with Gasteiger partial charge in [0.2, 0.25) is 15.9 Å². The number of aromatic nitrogens is 1. The molecule has 30 heavy (non-hydrogen) atoms. The summed E-state index contributed by atoms with van der Waals surface area (Å²) in [5.41, 5.74) is 1.73. The summed E-state index contributed by atoms with van der Waals surface area (Å²) in [6.45, 7) is 6.52. The van der Waals surface area contributed by atoms with Gasteiger partial charge in [0.05, 0.1) is 10.9 Å². The van der Waals surface area contributed by atoms with Crippen LogP contribution in [0, 0.1) is 0 Å². The number of nitrogens with one attached hydrogen (secondary N) is 1. The molecule has 3 aromatic rings. The van der Waals surface area contributed by atoms with Gasteiger partial charge < -0.3 is 9.88 Å². The first-order valence-corrected chi connectivity index (χ1v) is 11.7. The molecule has 0 saturated heterocycles. The zero-order valence-electron chi connectivity index (χ0n) is 17.3. The summed E-state index contributed by atoms with van der Waals surface area (Å²) in [6.07, 6.45) is 1.86. The van der Waals surface area contributed by atoms with Gasteiger partial charge >= 0.3 is 0 Å². The molecule has 1 N–H and O–H groups in total. The van der Waals surface area contributed by atoms with Crippen LogP contribution in [0.15, 0.2) is 59.6 Å². The third kappa shape index (κ3) is 4.69. The van der Waals surface area contributed by atoms with Gasteiger partial charge in [-0.15, -0.1) is 0 Å². The topological polar surface area (TPSA) is 71.4 Å². The fourth-order valence-corrected chi connectivity index (χ4v) is 5.09. The van der Waals surface area contributed by atoms with Crippen LogP contribution in [-0.2, 0) is 21.4 Å². The van der Waals surface area contributed by atoms with E-state index in [4.69, 9.17) is 11.6 Å². The molecule has 0 aliphatic rings. The number of benzene rings is 2. The summed E-state index contributed by atoms with van der Waals surface area (Å²) >= 11 is 6.07. The number of halogens is 1. The average Bonchev–Trinajstić information content (AvgIpc) is 3.10. The molecule has 3 rings (SSSR count). The van der Waals surface area contributed by atoms with Crippen molar-refractivity contribution in [1.82, 2.24) is 14.2 Å². The Hall–Kier alpha value is -2.35. The number of hydrogen-bond donors (Lipinski definition) is 1. The molecule has 0 bridgehead atoms. The number of carbonyl (C=O) groups is 1. The molecule has 8 heteroatoms. The van der Waals surface area contributed by atoms with Crippen LogP contribution in [0.5, 0.6) is 0 Å². The van der Waals surface area contributed by atoms with E-state index in [2.05, 4.69) is 5.32 Å². The lowest BCUT2D eigenvalue weighted by atomic mass is 10.1. The van der Waals surface area contributed by atoms with Crippen LogP contribution in [0.4, 0.5) is 0 Å². The van der Waals surface area contributed by atoms with E-state index in [1.165, 1.54) is 4.31 Å². The SMILES string of the molecule is CCN(CC)S(=O)(=O)c1ccc(C(C)NC(=O)Cn2ccc3ccc(Cl)cc32)cc1. The first kappa shape index (κ1) is 22.3. The van der Waals surface area contributed by atoms with Crippen molar-refractivity contribution in [2.24, 2.45) is 0 Å². The van der Waals surface area contributed by atoms with Crippen molar-refractivity contribution in [3.8, 4) is 0 Å². The fraction of sp³-hybridized carbons (Fsp3) is 0.318. The van der Waals surface area contributed by atoms with Crippen LogP contribution in [0.1, 0.15) is 32.4 Å². The standard InChI is InChI=1S/C22H26ClN3O3S/c1-4-26(5-2)30(28,29)20-10-7-17(8-11-20)16(3)24-22(27)15-25-13-12-18-6-9-19(23)14-21(18)25/h6-14,16H,4-5,15H2,1-3H3,(H,24,27). The molecule has 1 aromatic heterocycles. The van der Waals surface area contributed by atoms with Crippen LogP contribution in [0.25, 0.3) is 10.9 Å².